The monoisotopic (exact) mass is 331 g/mol. The summed E-state index contributed by atoms with van der Waals surface area (Å²) < 4.78 is 0. The van der Waals surface area contributed by atoms with Gasteiger partial charge < -0.3 is 20.2 Å². The molecular weight excluding hydrogens is 302 g/mol. The molecule has 0 bridgehead atoms. The highest BCUT2D eigenvalue weighted by atomic mass is 16.3. The van der Waals surface area contributed by atoms with Crippen LogP contribution in [0.3, 0.4) is 0 Å². The van der Waals surface area contributed by atoms with Crippen molar-refractivity contribution in [3.05, 3.63) is 29.8 Å². The van der Waals surface area contributed by atoms with Gasteiger partial charge in [0.05, 0.1) is 0 Å². The first kappa shape index (κ1) is 17.2. The van der Waals surface area contributed by atoms with Crippen LogP contribution in [0.2, 0.25) is 0 Å². The first-order chi connectivity index (χ1) is 11.7. The van der Waals surface area contributed by atoms with E-state index in [0.717, 1.165) is 44.6 Å². The van der Waals surface area contributed by atoms with Crippen molar-refractivity contribution < 1.29 is 9.90 Å². The number of aliphatic hydroxyl groups excluding tert-OH is 1. The predicted octanol–water partition coefficient (Wildman–Crippen LogP) is 2.56. The van der Waals surface area contributed by atoms with Crippen molar-refractivity contribution in [2.45, 2.75) is 32.1 Å². The van der Waals surface area contributed by atoms with Crippen molar-refractivity contribution in [3.63, 3.8) is 0 Å². The quantitative estimate of drug-likeness (QED) is 0.872. The summed E-state index contributed by atoms with van der Waals surface area (Å²) in [4.78, 5) is 16.7. The van der Waals surface area contributed by atoms with E-state index in [2.05, 4.69) is 22.3 Å². The Morgan fingerprint density at radius 1 is 1.17 bits per heavy atom. The molecule has 132 valence electrons. The second kappa shape index (κ2) is 8.49. The highest BCUT2D eigenvalue weighted by Crippen LogP contribution is 2.18. The first-order valence-corrected chi connectivity index (χ1v) is 9.22. The van der Waals surface area contributed by atoms with E-state index in [4.69, 9.17) is 0 Å². The van der Waals surface area contributed by atoms with Gasteiger partial charge in [0, 0.05) is 31.9 Å². The number of carbonyl (C=O) groups excluding carboxylic acids is 1. The lowest BCUT2D eigenvalue weighted by Gasteiger charge is -2.31. The van der Waals surface area contributed by atoms with E-state index in [0.29, 0.717) is 5.92 Å². The summed E-state index contributed by atoms with van der Waals surface area (Å²) in [6, 6.07) is 8.18. The maximum absolute atomic E-state index is 12.4. The second-order valence-corrected chi connectivity index (χ2v) is 7.04. The van der Waals surface area contributed by atoms with Crippen molar-refractivity contribution in [2.24, 2.45) is 5.92 Å². The van der Waals surface area contributed by atoms with Gasteiger partial charge in [0.2, 0.25) is 0 Å². The minimum Gasteiger partial charge on any atom is -0.396 e. The summed E-state index contributed by atoms with van der Waals surface area (Å²) in [6.45, 7) is 5.23. The number of benzene rings is 1. The van der Waals surface area contributed by atoms with Crippen LogP contribution in [0.1, 0.15) is 31.2 Å². The Bertz CT molecular complexity index is 535. The molecule has 24 heavy (non-hydrogen) atoms. The van der Waals surface area contributed by atoms with Crippen LogP contribution in [0.4, 0.5) is 10.5 Å². The number of carbonyl (C=O) groups is 1. The number of urea groups is 1. The Morgan fingerprint density at radius 2 is 1.92 bits per heavy atom. The van der Waals surface area contributed by atoms with Crippen LogP contribution < -0.4 is 5.32 Å². The number of piperidine rings is 1. The lowest BCUT2D eigenvalue weighted by atomic mass is 9.98. The highest BCUT2D eigenvalue weighted by Gasteiger charge is 2.22. The van der Waals surface area contributed by atoms with E-state index >= 15 is 0 Å². The molecule has 2 N–H and O–H groups in total. The minimum atomic E-state index is -0.0249. The average molecular weight is 331 g/mol. The van der Waals surface area contributed by atoms with Gasteiger partial charge in [-0.3, -0.25) is 0 Å². The molecule has 0 aliphatic carbocycles. The molecule has 2 aliphatic rings. The molecule has 2 saturated heterocycles. The number of aliphatic hydroxyl groups is 1. The Morgan fingerprint density at radius 3 is 2.62 bits per heavy atom. The van der Waals surface area contributed by atoms with Crippen LogP contribution in [-0.4, -0.2) is 60.3 Å². The van der Waals surface area contributed by atoms with Crippen LogP contribution in [0, 0.1) is 5.92 Å². The van der Waals surface area contributed by atoms with E-state index in [-0.39, 0.29) is 12.6 Å². The maximum atomic E-state index is 12.4. The number of nitrogens with one attached hydrogen (secondary N) is 1. The number of hydrogen-bond acceptors (Lipinski definition) is 3. The molecule has 0 aromatic heterocycles. The first-order valence-electron chi connectivity index (χ1n) is 9.22. The average Bonchev–Trinajstić information content (AvgIpc) is 3.14. The molecule has 1 aromatic carbocycles. The van der Waals surface area contributed by atoms with Crippen LogP contribution in [0.5, 0.6) is 0 Å². The molecule has 5 heteroatoms. The summed E-state index contributed by atoms with van der Waals surface area (Å²) in [5, 5.41) is 12.2. The zero-order valence-electron chi connectivity index (χ0n) is 14.4. The molecule has 2 aliphatic heterocycles. The summed E-state index contributed by atoms with van der Waals surface area (Å²) in [6.07, 6.45) is 5.46. The van der Waals surface area contributed by atoms with Crippen molar-refractivity contribution >= 4 is 11.7 Å². The van der Waals surface area contributed by atoms with Crippen LogP contribution >= 0.6 is 0 Å². The summed E-state index contributed by atoms with van der Waals surface area (Å²) in [5.41, 5.74) is 2.15. The van der Waals surface area contributed by atoms with Crippen molar-refractivity contribution in [2.75, 3.05) is 44.6 Å². The van der Waals surface area contributed by atoms with Gasteiger partial charge in [-0.2, -0.15) is 0 Å². The highest BCUT2D eigenvalue weighted by molar-refractivity contribution is 5.89. The number of likely N-dealkylation sites (tertiary alicyclic amines) is 2. The topological polar surface area (TPSA) is 55.8 Å². The largest absolute Gasteiger partial charge is 0.396 e. The van der Waals surface area contributed by atoms with E-state index in [1.807, 2.05) is 17.0 Å². The minimum absolute atomic E-state index is 0.0249. The zero-order chi connectivity index (χ0) is 16.8. The van der Waals surface area contributed by atoms with Crippen LogP contribution in [-0.2, 0) is 6.42 Å². The second-order valence-electron chi connectivity index (χ2n) is 7.04. The smallest absolute Gasteiger partial charge is 0.321 e. The third-order valence-electron chi connectivity index (χ3n) is 5.25. The predicted molar refractivity (Wildman–Crippen MR) is 96.2 cm³/mol. The molecule has 0 radical (unpaired) electrons. The third-order valence-corrected chi connectivity index (χ3v) is 5.25. The Labute approximate surface area is 144 Å². The fourth-order valence-electron chi connectivity index (χ4n) is 3.62. The molecular formula is C19H29N3O2. The fourth-order valence-corrected chi connectivity index (χ4v) is 3.62. The maximum Gasteiger partial charge on any atom is 0.321 e. The third kappa shape index (κ3) is 4.71. The molecule has 2 heterocycles. The van der Waals surface area contributed by atoms with Crippen LogP contribution in [0.15, 0.2) is 24.3 Å². The molecule has 0 atom stereocenters. The van der Waals surface area contributed by atoms with Gasteiger partial charge >= 0.3 is 6.03 Å². The van der Waals surface area contributed by atoms with Gasteiger partial charge in [-0.1, -0.05) is 12.1 Å². The number of rotatable bonds is 5. The Hall–Kier alpha value is -1.59. The normalized spacial score (nSPS) is 19.6. The molecule has 3 rings (SSSR count). The summed E-state index contributed by atoms with van der Waals surface area (Å²) in [5.74, 6) is 0.350. The van der Waals surface area contributed by atoms with Gasteiger partial charge in [0.15, 0.2) is 0 Å². The van der Waals surface area contributed by atoms with Gasteiger partial charge in [0.1, 0.15) is 0 Å². The number of nitrogens with zero attached hydrogens (tertiary/aromatic N) is 2. The molecule has 1 aromatic rings. The zero-order valence-corrected chi connectivity index (χ0v) is 14.4. The van der Waals surface area contributed by atoms with Crippen LogP contribution in [0.25, 0.3) is 0 Å². The van der Waals surface area contributed by atoms with Crippen molar-refractivity contribution in [3.8, 4) is 0 Å². The molecule has 2 amide bonds. The molecule has 0 spiro atoms. The molecule has 0 saturated carbocycles. The summed E-state index contributed by atoms with van der Waals surface area (Å²) in [7, 11) is 0. The van der Waals surface area contributed by atoms with Gasteiger partial charge in [0.25, 0.3) is 0 Å². The fraction of sp³-hybridized carbons (Fsp3) is 0.632. The Kier molecular flexibility index (Phi) is 6.10. The van der Waals surface area contributed by atoms with E-state index < -0.39 is 0 Å². The Balaban J connectivity index is 1.49. The van der Waals surface area contributed by atoms with E-state index in [1.54, 1.807) is 0 Å². The van der Waals surface area contributed by atoms with Gasteiger partial charge in [-0.15, -0.1) is 0 Å². The van der Waals surface area contributed by atoms with Crippen molar-refractivity contribution in [1.82, 2.24) is 9.80 Å². The van der Waals surface area contributed by atoms with Gasteiger partial charge in [-0.25, -0.2) is 4.79 Å². The lowest BCUT2D eigenvalue weighted by Crippen LogP contribution is -2.41. The number of anilines is 1. The number of amides is 2. The van der Waals surface area contributed by atoms with Crippen molar-refractivity contribution in [1.29, 1.82) is 0 Å². The standard InChI is InChI=1S/C19H29N3O2/c23-15-17-7-12-22(13-8-17)19(24)20-18-5-3-4-16(14-18)6-11-21-9-1-2-10-21/h3-5,14,17,23H,1-2,6-13,15H2,(H,20,24). The SMILES string of the molecule is O=C(Nc1cccc(CCN2CCCC2)c1)N1CCC(CO)CC1. The molecule has 5 nitrogen and oxygen atoms in total. The summed E-state index contributed by atoms with van der Waals surface area (Å²) >= 11 is 0. The van der Waals surface area contributed by atoms with E-state index in [9.17, 15) is 9.90 Å². The molecule has 0 unspecified atom stereocenters. The van der Waals surface area contributed by atoms with Gasteiger partial charge in [-0.05, 0) is 68.8 Å². The van der Waals surface area contributed by atoms with E-state index in [1.165, 1.54) is 31.5 Å². The lowest BCUT2D eigenvalue weighted by molar-refractivity contribution is 0.143. The number of hydrogen-bond donors (Lipinski definition) is 2. The molecule has 2 fully saturated rings.